The summed E-state index contributed by atoms with van der Waals surface area (Å²) < 4.78 is 0. The summed E-state index contributed by atoms with van der Waals surface area (Å²) in [6, 6.07) is 8.72. The average Bonchev–Trinajstić information content (AvgIpc) is 3.02. The molecule has 20 heavy (non-hydrogen) atoms. The molecule has 3 atom stereocenters. The molecule has 1 amide bonds. The first-order valence-electron chi connectivity index (χ1n) is 7.64. The Kier molecular flexibility index (Phi) is 3.33. The van der Waals surface area contributed by atoms with Gasteiger partial charge in [-0.2, -0.15) is 0 Å². The summed E-state index contributed by atoms with van der Waals surface area (Å²) in [6.07, 6.45) is 5.07. The minimum absolute atomic E-state index is 0.00842. The Labute approximate surface area is 121 Å². The monoisotopic (exact) mass is 272 g/mol. The lowest BCUT2D eigenvalue weighted by Crippen LogP contribution is -2.48. The predicted octanol–water partition coefficient (Wildman–Crippen LogP) is 2.65. The molecule has 108 valence electrons. The van der Waals surface area contributed by atoms with Crippen LogP contribution in [0, 0.1) is 5.41 Å². The quantitative estimate of drug-likeness (QED) is 0.899. The van der Waals surface area contributed by atoms with Crippen LogP contribution in [0.4, 0.5) is 0 Å². The second kappa shape index (κ2) is 4.88. The van der Waals surface area contributed by atoms with Gasteiger partial charge in [0, 0.05) is 13.1 Å². The molecule has 1 aromatic carbocycles. The Balaban J connectivity index is 1.84. The van der Waals surface area contributed by atoms with Crippen molar-refractivity contribution in [2.24, 2.45) is 11.1 Å². The smallest absolute Gasteiger partial charge is 0.230 e. The maximum atomic E-state index is 12.9. The van der Waals surface area contributed by atoms with E-state index in [9.17, 15) is 4.79 Å². The number of rotatable bonds is 2. The third kappa shape index (κ3) is 1.96. The highest BCUT2D eigenvalue weighted by Crippen LogP contribution is 2.42. The summed E-state index contributed by atoms with van der Waals surface area (Å²) in [7, 11) is 1.95. The van der Waals surface area contributed by atoms with E-state index in [-0.39, 0.29) is 23.4 Å². The third-order valence-corrected chi connectivity index (χ3v) is 5.41. The molecule has 3 rings (SSSR count). The minimum atomic E-state index is -0.369. The van der Waals surface area contributed by atoms with Gasteiger partial charge in [0.2, 0.25) is 5.91 Å². The fraction of sp³-hybridized carbons (Fsp3) is 0.588. The number of carbonyl (C=O) groups excluding carboxylic acids is 1. The van der Waals surface area contributed by atoms with Crippen LogP contribution in [0.1, 0.15) is 49.8 Å². The average molecular weight is 272 g/mol. The normalized spacial score (nSPS) is 32.1. The third-order valence-electron chi connectivity index (χ3n) is 5.41. The molecular weight excluding hydrogens is 248 g/mol. The van der Waals surface area contributed by atoms with Gasteiger partial charge in [-0.05, 0) is 43.7 Å². The van der Waals surface area contributed by atoms with Crippen molar-refractivity contribution in [1.29, 1.82) is 0 Å². The molecule has 3 heteroatoms. The molecule has 3 unspecified atom stereocenters. The first-order valence-corrected chi connectivity index (χ1v) is 7.64. The Hall–Kier alpha value is -1.35. The van der Waals surface area contributed by atoms with E-state index in [1.165, 1.54) is 11.1 Å². The summed E-state index contributed by atoms with van der Waals surface area (Å²) in [5.74, 6) is 0.226. The van der Waals surface area contributed by atoms with Crippen molar-refractivity contribution in [2.75, 3.05) is 7.05 Å². The Morgan fingerprint density at radius 2 is 2.10 bits per heavy atom. The van der Waals surface area contributed by atoms with Crippen LogP contribution >= 0.6 is 0 Å². The zero-order valence-electron chi connectivity index (χ0n) is 12.4. The fourth-order valence-corrected chi connectivity index (χ4v) is 3.94. The van der Waals surface area contributed by atoms with Crippen LogP contribution in [0.25, 0.3) is 0 Å². The number of nitrogens with zero attached hydrogens (tertiary/aromatic N) is 1. The van der Waals surface area contributed by atoms with E-state index in [1.54, 1.807) is 0 Å². The van der Waals surface area contributed by atoms with E-state index in [0.717, 1.165) is 32.1 Å². The lowest BCUT2D eigenvalue weighted by molar-refractivity contribution is -0.142. The van der Waals surface area contributed by atoms with E-state index in [2.05, 4.69) is 24.3 Å². The maximum Gasteiger partial charge on any atom is 0.230 e. The van der Waals surface area contributed by atoms with Gasteiger partial charge in [-0.25, -0.2) is 0 Å². The summed E-state index contributed by atoms with van der Waals surface area (Å²) in [4.78, 5) is 14.9. The van der Waals surface area contributed by atoms with Crippen molar-refractivity contribution in [3.05, 3.63) is 35.4 Å². The number of carbonyl (C=O) groups is 1. The fourth-order valence-electron chi connectivity index (χ4n) is 3.94. The van der Waals surface area contributed by atoms with Crippen molar-refractivity contribution in [3.8, 4) is 0 Å². The largest absolute Gasteiger partial charge is 0.338 e. The van der Waals surface area contributed by atoms with Gasteiger partial charge in [0.15, 0.2) is 0 Å². The number of fused-ring (bicyclic) bond motifs is 1. The maximum absolute atomic E-state index is 12.9. The van der Waals surface area contributed by atoms with Gasteiger partial charge in [0.05, 0.1) is 11.5 Å². The van der Waals surface area contributed by atoms with Gasteiger partial charge in [-0.15, -0.1) is 0 Å². The Morgan fingerprint density at radius 1 is 1.35 bits per heavy atom. The first kappa shape index (κ1) is 13.6. The summed E-state index contributed by atoms with van der Waals surface area (Å²) in [5, 5.41) is 0. The molecule has 0 radical (unpaired) electrons. The molecular formula is C17H24N2O. The first-order chi connectivity index (χ1) is 9.54. The summed E-state index contributed by atoms with van der Waals surface area (Å²) in [6.45, 7) is 2.05. The summed E-state index contributed by atoms with van der Waals surface area (Å²) in [5.41, 5.74) is 8.53. The molecule has 3 nitrogen and oxygen atoms in total. The number of nitrogens with two attached hydrogens (primary N) is 1. The molecule has 0 spiro atoms. The van der Waals surface area contributed by atoms with E-state index in [1.807, 2.05) is 18.9 Å². The van der Waals surface area contributed by atoms with E-state index >= 15 is 0 Å². The highest BCUT2D eigenvalue weighted by atomic mass is 16.2. The van der Waals surface area contributed by atoms with Crippen LogP contribution in [0.3, 0.4) is 0 Å². The molecule has 2 N–H and O–H groups in total. The van der Waals surface area contributed by atoms with Crippen molar-refractivity contribution in [1.82, 2.24) is 4.90 Å². The summed E-state index contributed by atoms with van der Waals surface area (Å²) >= 11 is 0. The molecule has 2 aliphatic carbocycles. The molecule has 1 fully saturated rings. The van der Waals surface area contributed by atoms with Crippen LogP contribution in [0.5, 0.6) is 0 Å². The van der Waals surface area contributed by atoms with Gasteiger partial charge in [-0.1, -0.05) is 30.7 Å². The van der Waals surface area contributed by atoms with Crippen molar-refractivity contribution in [3.63, 3.8) is 0 Å². The number of amides is 1. The molecule has 2 aliphatic rings. The Bertz CT molecular complexity index is 527. The number of benzene rings is 1. The molecule has 0 saturated heterocycles. The van der Waals surface area contributed by atoms with Gasteiger partial charge in [0.25, 0.3) is 0 Å². The number of aryl methyl sites for hydroxylation is 1. The van der Waals surface area contributed by atoms with Crippen LogP contribution in [0.2, 0.25) is 0 Å². The van der Waals surface area contributed by atoms with Gasteiger partial charge < -0.3 is 10.6 Å². The lowest BCUT2D eigenvalue weighted by Gasteiger charge is -2.35. The molecule has 0 aliphatic heterocycles. The topological polar surface area (TPSA) is 46.3 Å². The molecule has 1 saturated carbocycles. The van der Waals surface area contributed by atoms with E-state index < -0.39 is 0 Å². The van der Waals surface area contributed by atoms with Crippen LogP contribution in [-0.4, -0.2) is 23.9 Å². The van der Waals surface area contributed by atoms with Crippen LogP contribution < -0.4 is 5.73 Å². The van der Waals surface area contributed by atoms with Crippen LogP contribution in [-0.2, 0) is 11.2 Å². The molecule has 0 heterocycles. The second-order valence-corrected chi connectivity index (χ2v) is 6.59. The van der Waals surface area contributed by atoms with Crippen molar-refractivity contribution < 1.29 is 4.79 Å². The van der Waals surface area contributed by atoms with Crippen molar-refractivity contribution >= 4 is 5.91 Å². The Morgan fingerprint density at radius 3 is 2.80 bits per heavy atom. The molecule has 1 aromatic rings. The predicted molar refractivity (Wildman–Crippen MR) is 80.2 cm³/mol. The zero-order chi connectivity index (χ0) is 14.3. The number of hydrogen-bond donors (Lipinski definition) is 1. The van der Waals surface area contributed by atoms with Crippen molar-refractivity contribution in [2.45, 2.75) is 51.1 Å². The van der Waals surface area contributed by atoms with E-state index in [0.29, 0.717) is 0 Å². The second-order valence-electron chi connectivity index (χ2n) is 6.59. The van der Waals surface area contributed by atoms with Gasteiger partial charge in [-0.3, -0.25) is 4.79 Å². The molecule has 0 bridgehead atoms. The van der Waals surface area contributed by atoms with Crippen LogP contribution in [0.15, 0.2) is 24.3 Å². The number of hydrogen-bond acceptors (Lipinski definition) is 2. The molecule has 0 aromatic heterocycles. The minimum Gasteiger partial charge on any atom is -0.338 e. The highest BCUT2D eigenvalue weighted by Gasteiger charge is 2.46. The highest BCUT2D eigenvalue weighted by molar-refractivity contribution is 5.84. The lowest BCUT2D eigenvalue weighted by atomic mass is 9.83. The zero-order valence-corrected chi connectivity index (χ0v) is 12.4. The van der Waals surface area contributed by atoms with E-state index in [4.69, 9.17) is 5.73 Å². The van der Waals surface area contributed by atoms with Gasteiger partial charge in [0.1, 0.15) is 0 Å². The standard InChI is InChI=1S/C17H24N2O/c1-17(11-5-8-15(17)18)16(20)19(2)14-10-9-12-6-3-4-7-13(12)14/h3-4,6-7,14-15H,5,8-11,18H2,1-2H3. The SMILES string of the molecule is CN(C(=O)C1(C)CCCC1N)C1CCc2ccccc21. The van der Waals surface area contributed by atoms with Gasteiger partial charge >= 0.3 is 0 Å².